The van der Waals surface area contributed by atoms with Gasteiger partial charge in [0.1, 0.15) is 18.1 Å². The zero-order valence-electron chi connectivity index (χ0n) is 10.6. The van der Waals surface area contributed by atoms with Gasteiger partial charge in [0, 0.05) is 6.54 Å². The first-order chi connectivity index (χ1) is 8.90. The summed E-state index contributed by atoms with van der Waals surface area (Å²) in [4.78, 5) is 0. The van der Waals surface area contributed by atoms with Gasteiger partial charge in [-0.2, -0.15) is 0 Å². The van der Waals surface area contributed by atoms with Crippen LogP contribution < -0.4 is 14.8 Å². The fourth-order valence-corrected chi connectivity index (χ4v) is 1.28. The fraction of sp³-hybridized carbons (Fsp3) is 0.385. The number of benzene rings is 1. The summed E-state index contributed by atoms with van der Waals surface area (Å²) in [5, 5.41) is 3.09. The van der Waals surface area contributed by atoms with E-state index in [0.717, 1.165) is 12.1 Å². The molecule has 0 heterocycles. The van der Waals surface area contributed by atoms with Gasteiger partial charge in [-0.25, -0.2) is 0 Å². The fourth-order valence-electron chi connectivity index (χ4n) is 1.28. The maximum atomic E-state index is 11.9. The predicted octanol–water partition coefficient (Wildman–Crippen LogP) is 3.13. The molecule has 3 nitrogen and oxygen atoms in total. The lowest BCUT2D eigenvalue weighted by Gasteiger charge is -2.11. The molecule has 0 aliphatic carbocycles. The minimum Gasteiger partial charge on any atom is -0.489 e. The molecule has 19 heavy (non-hydrogen) atoms. The van der Waals surface area contributed by atoms with E-state index in [9.17, 15) is 13.2 Å². The van der Waals surface area contributed by atoms with Gasteiger partial charge in [-0.3, -0.25) is 0 Å². The highest BCUT2D eigenvalue weighted by Crippen LogP contribution is 2.24. The Morgan fingerprint density at radius 1 is 1.21 bits per heavy atom. The Bertz CT molecular complexity index is 401. The molecule has 0 amide bonds. The van der Waals surface area contributed by atoms with Crippen molar-refractivity contribution in [1.29, 1.82) is 0 Å². The summed E-state index contributed by atoms with van der Waals surface area (Å²) in [7, 11) is 0. The Morgan fingerprint density at radius 2 is 1.79 bits per heavy atom. The van der Waals surface area contributed by atoms with Crippen LogP contribution in [0.25, 0.3) is 0 Å². The van der Waals surface area contributed by atoms with E-state index < -0.39 is 6.36 Å². The number of ether oxygens (including phenoxy) is 2. The van der Waals surface area contributed by atoms with Crippen LogP contribution in [0.15, 0.2) is 36.4 Å². The number of rotatable bonds is 7. The van der Waals surface area contributed by atoms with Crippen LogP contribution in [0, 0.1) is 0 Å². The third-order valence-electron chi connectivity index (χ3n) is 2.13. The van der Waals surface area contributed by atoms with Crippen molar-refractivity contribution in [2.75, 3.05) is 19.7 Å². The average Bonchev–Trinajstić information content (AvgIpc) is 2.33. The summed E-state index contributed by atoms with van der Waals surface area (Å²) in [6.07, 6.45) is -4.68. The SMILES string of the molecule is C=C(CNCC)COc1ccc(OC(F)(F)F)cc1. The number of nitrogens with one attached hydrogen (secondary N) is 1. The smallest absolute Gasteiger partial charge is 0.489 e. The van der Waals surface area contributed by atoms with E-state index in [1.807, 2.05) is 6.92 Å². The van der Waals surface area contributed by atoms with Crippen molar-refractivity contribution >= 4 is 0 Å². The van der Waals surface area contributed by atoms with Crippen molar-refractivity contribution in [3.63, 3.8) is 0 Å². The van der Waals surface area contributed by atoms with Crippen molar-refractivity contribution in [1.82, 2.24) is 5.32 Å². The third-order valence-corrected chi connectivity index (χ3v) is 2.13. The minimum atomic E-state index is -4.68. The Balaban J connectivity index is 2.42. The number of hydrogen-bond donors (Lipinski definition) is 1. The molecular weight excluding hydrogens is 259 g/mol. The van der Waals surface area contributed by atoms with E-state index in [1.54, 1.807) is 0 Å². The number of halogens is 3. The molecule has 0 unspecified atom stereocenters. The molecule has 0 radical (unpaired) electrons. The lowest BCUT2D eigenvalue weighted by atomic mass is 10.3. The molecule has 0 aliphatic rings. The largest absolute Gasteiger partial charge is 0.573 e. The van der Waals surface area contributed by atoms with Gasteiger partial charge in [-0.15, -0.1) is 13.2 Å². The third kappa shape index (κ3) is 6.71. The second-order valence-electron chi connectivity index (χ2n) is 3.84. The monoisotopic (exact) mass is 275 g/mol. The Labute approximate surface area is 110 Å². The second kappa shape index (κ2) is 7.04. The normalized spacial score (nSPS) is 11.2. The molecule has 0 spiro atoms. The first-order valence-corrected chi connectivity index (χ1v) is 5.76. The summed E-state index contributed by atoms with van der Waals surface area (Å²) >= 11 is 0. The summed E-state index contributed by atoms with van der Waals surface area (Å²) < 4.78 is 45.0. The quantitative estimate of drug-likeness (QED) is 0.775. The maximum absolute atomic E-state index is 11.9. The summed E-state index contributed by atoms with van der Waals surface area (Å²) in [6, 6.07) is 5.25. The van der Waals surface area contributed by atoms with Crippen LogP contribution in [0.4, 0.5) is 13.2 Å². The molecule has 1 aromatic rings. The topological polar surface area (TPSA) is 30.5 Å². The van der Waals surface area contributed by atoms with Crippen LogP contribution in [0.2, 0.25) is 0 Å². The molecule has 106 valence electrons. The van der Waals surface area contributed by atoms with Gasteiger partial charge in [0.05, 0.1) is 0 Å². The lowest BCUT2D eigenvalue weighted by Crippen LogP contribution is -2.19. The molecule has 1 N–H and O–H groups in total. The highest BCUT2D eigenvalue weighted by molar-refractivity contribution is 5.31. The van der Waals surface area contributed by atoms with Crippen LogP contribution >= 0.6 is 0 Å². The number of likely N-dealkylation sites (N-methyl/N-ethyl adjacent to an activating group) is 1. The van der Waals surface area contributed by atoms with Gasteiger partial charge in [0.2, 0.25) is 0 Å². The maximum Gasteiger partial charge on any atom is 0.573 e. The number of alkyl halides is 3. The first-order valence-electron chi connectivity index (χ1n) is 5.76. The molecule has 0 aliphatic heterocycles. The van der Waals surface area contributed by atoms with Gasteiger partial charge in [0.25, 0.3) is 0 Å². The zero-order chi connectivity index (χ0) is 14.3. The van der Waals surface area contributed by atoms with Crippen LogP contribution in [-0.4, -0.2) is 26.1 Å². The van der Waals surface area contributed by atoms with Gasteiger partial charge in [0.15, 0.2) is 0 Å². The Hall–Kier alpha value is -1.69. The van der Waals surface area contributed by atoms with Gasteiger partial charge >= 0.3 is 6.36 Å². The summed E-state index contributed by atoms with van der Waals surface area (Å²) in [5.74, 6) is 0.193. The van der Waals surface area contributed by atoms with Crippen LogP contribution in [-0.2, 0) is 0 Å². The summed E-state index contributed by atoms with van der Waals surface area (Å²) in [5.41, 5.74) is 0.859. The Kier molecular flexibility index (Phi) is 5.69. The average molecular weight is 275 g/mol. The van der Waals surface area contributed by atoms with Crippen LogP contribution in [0.5, 0.6) is 11.5 Å². The van der Waals surface area contributed by atoms with E-state index >= 15 is 0 Å². The van der Waals surface area contributed by atoms with Crippen molar-refractivity contribution in [3.05, 3.63) is 36.4 Å². The summed E-state index contributed by atoms with van der Waals surface area (Å²) in [6.45, 7) is 7.58. The van der Waals surface area contributed by atoms with Crippen molar-refractivity contribution < 1.29 is 22.6 Å². The molecule has 0 atom stereocenters. The van der Waals surface area contributed by atoms with Crippen LogP contribution in [0.1, 0.15) is 6.92 Å². The molecule has 0 bridgehead atoms. The van der Waals surface area contributed by atoms with E-state index in [1.165, 1.54) is 24.3 Å². The van der Waals surface area contributed by atoms with E-state index in [2.05, 4.69) is 16.6 Å². The van der Waals surface area contributed by atoms with E-state index in [-0.39, 0.29) is 5.75 Å². The highest BCUT2D eigenvalue weighted by atomic mass is 19.4. The molecule has 0 saturated carbocycles. The minimum absolute atomic E-state index is 0.272. The molecule has 1 rings (SSSR count). The Morgan fingerprint density at radius 3 is 2.32 bits per heavy atom. The molecule has 6 heteroatoms. The van der Waals surface area contributed by atoms with Gasteiger partial charge in [-0.05, 0) is 36.4 Å². The molecule has 1 aromatic carbocycles. The van der Waals surface area contributed by atoms with Crippen molar-refractivity contribution in [3.8, 4) is 11.5 Å². The van der Waals surface area contributed by atoms with Crippen molar-refractivity contribution in [2.45, 2.75) is 13.3 Å². The lowest BCUT2D eigenvalue weighted by molar-refractivity contribution is -0.274. The second-order valence-corrected chi connectivity index (χ2v) is 3.84. The van der Waals surface area contributed by atoms with Gasteiger partial charge in [-0.1, -0.05) is 13.5 Å². The molecule has 0 fully saturated rings. The highest BCUT2D eigenvalue weighted by Gasteiger charge is 2.30. The predicted molar refractivity (Wildman–Crippen MR) is 66.3 cm³/mol. The zero-order valence-corrected chi connectivity index (χ0v) is 10.6. The van der Waals surface area contributed by atoms with E-state index in [0.29, 0.717) is 18.9 Å². The van der Waals surface area contributed by atoms with Gasteiger partial charge < -0.3 is 14.8 Å². The van der Waals surface area contributed by atoms with Crippen LogP contribution in [0.3, 0.4) is 0 Å². The number of hydrogen-bond acceptors (Lipinski definition) is 3. The molecular formula is C13H16F3NO2. The standard InChI is InChI=1S/C13H16F3NO2/c1-3-17-8-10(2)9-18-11-4-6-12(7-5-11)19-13(14,15)16/h4-7,17H,2-3,8-9H2,1H3. The van der Waals surface area contributed by atoms with Crippen molar-refractivity contribution in [2.24, 2.45) is 0 Å². The van der Waals surface area contributed by atoms with E-state index in [4.69, 9.17) is 4.74 Å². The molecule has 0 aromatic heterocycles. The first kappa shape index (κ1) is 15.4. The molecule has 0 saturated heterocycles.